The number of carbonyl (C=O) groups is 2. The highest BCUT2D eigenvalue weighted by Gasteiger charge is 2.50. The Morgan fingerprint density at radius 2 is 1.14 bits per heavy atom. The van der Waals surface area contributed by atoms with Crippen molar-refractivity contribution in [2.45, 2.75) is 75.3 Å². The first-order valence-corrected chi connectivity index (χ1v) is 10.1. The minimum absolute atomic E-state index is 0.176. The van der Waals surface area contributed by atoms with Crippen LogP contribution in [0.15, 0.2) is 24.3 Å². The molecule has 0 aromatic rings. The minimum atomic E-state index is -1.74. The molecule has 15 heteroatoms. The molecule has 0 amide bonds. The Balaban J connectivity index is 0.000000797. The summed E-state index contributed by atoms with van der Waals surface area (Å²) in [5.41, 5.74) is 0.352. The fourth-order valence-electron chi connectivity index (χ4n) is 2.57. The molecule has 2 saturated heterocycles. The van der Waals surface area contributed by atoms with Crippen molar-refractivity contribution >= 4 is 11.9 Å². The standard InChI is InChI=1S/C12H22O11.2C4H6O2/c13-1-3-5(15)6(16)9(19)12(22-3)23-10-4(2-14)21-11(20)8(18)7(10)17;2*1-3(2)4(5)6/h3-20H,1-2H2;2*1H2,2H3,(H,5,6)/t3-,4-,5+,6+,7-,8-,9-,10-,11?,12+;;/m1../s1. The first-order valence-electron chi connectivity index (χ1n) is 10.1. The van der Waals surface area contributed by atoms with E-state index in [0.717, 1.165) is 0 Å². The van der Waals surface area contributed by atoms with Gasteiger partial charge in [-0.2, -0.15) is 0 Å². The summed E-state index contributed by atoms with van der Waals surface area (Å²) in [5, 5.41) is 92.3. The molecule has 2 aliphatic rings. The molecule has 0 saturated carbocycles. The third-order valence-corrected chi connectivity index (χ3v) is 4.71. The SMILES string of the molecule is C=C(C)C(=O)O.C=C(C)C(=O)O.OC[C@H]1O[C@@H](O[C@H]2[C@H](O)[C@@H](O)C(O)O[C@@H]2CO)[C@H](O)[C@@H](O)[C@H]1O. The van der Waals surface area contributed by atoms with Crippen molar-refractivity contribution in [3.05, 3.63) is 24.3 Å². The molecular formula is C20H34O15. The average Bonchev–Trinajstić information content (AvgIpc) is 2.79. The Hall–Kier alpha value is -2.02. The monoisotopic (exact) mass is 514 g/mol. The Morgan fingerprint density at radius 3 is 1.51 bits per heavy atom. The van der Waals surface area contributed by atoms with Gasteiger partial charge in [0, 0.05) is 11.1 Å². The molecule has 10 N–H and O–H groups in total. The van der Waals surface area contributed by atoms with Crippen LogP contribution in [0.25, 0.3) is 0 Å². The van der Waals surface area contributed by atoms with Crippen molar-refractivity contribution < 1.29 is 74.9 Å². The number of carboxylic acid groups (broad SMARTS) is 2. The van der Waals surface area contributed by atoms with E-state index in [-0.39, 0.29) is 11.1 Å². The molecule has 1 unspecified atom stereocenters. The lowest BCUT2D eigenvalue weighted by atomic mass is 9.97. The molecule has 204 valence electrons. The fraction of sp³-hybridized carbons (Fsp3) is 0.700. The lowest BCUT2D eigenvalue weighted by Crippen LogP contribution is -2.64. The van der Waals surface area contributed by atoms with Gasteiger partial charge in [-0.3, -0.25) is 0 Å². The van der Waals surface area contributed by atoms with Crippen LogP contribution >= 0.6 is 0 Å². The molecule has 0 spiro atoms. The summed E-state index contributed by atoms with van der Waals surface area (Å²) in [4.78, 5) is 19.2. The number of hydrogen-bond acceptors (Lipinski definition) is 13. The number of carboxylic acids is 2. The summed E-state index contributed by atoms with van der Waals surface area (Å²) in [6, 6.07) is 0. The van der Waals surface area contributed by atoms with E-state index in [1.165, 1.54) is 13.8 Å². The summed E-state index contributed by atoms with van der Waals surface area (Å²) in [6.45, 7) is 7.86. The first kappa shape index (κ1) is 33.0. The lowest BCUT2D eigenvalue weighted by molar-refractivity contribution is -0.355. The molecule has 0 bridgehead atoms. The molecule has 35 heavy (non-hydrogen) atoms. The Kier molecular flexibility index (Phi) is 14.3. The maximum absolute atomic E-state index is 9.94. The summed E-state index contributed by atoms with van der Waals surface area (Å²) in [5.74, 6) is -1.87. The van der Waals surface area contributed by atoms with Crippen molar-refractivity contribution in [1.29, 1.82) is 0 Å². The molecule has 2 heterocycles. The van der Waals surface area contributed by atoms with Gasteiger partial charge >= 0.3 is 11.9 Å². The van der Waals surface area contributed by atoms with Crippen LogP contribution in [0.3, 0.4) is 0 Å². The van der Waals surface area contributed by atoms with E-state index in [0.29, 0.717) is 0 Å². The molecule has 0 aliphatic carbocycles. The van der Waals surface area contributed by atoms with Gasteiger partial charge < -0.3 is 65.3 Å². The van der Waals surface area contributed by atoms with Gasteiger partial charge in [0.05, 0.1) is 13.2 Å². The van der Waals surface area contributed by atoms with Crippen LogP contribution in [0.5, 0.6) is 0 Å². The van der Waals surface area contributed by atoms with E-state index in [4.69, 9.17) is 29.5 Å². The van der Waals surface area contributed by atoms with Crippen LogP contribution in [-0.2, 0) is 23.8 Å². The van der Waals surface area contributed by atoms with Gasteiger partial charge in [0.25, 0.3) is 0 Å². The van der Waals surface area contributed by atoms with Gasteiger partial charge in [-0.05, 0) is 13.8 Å². The highest BCUT2D eigenvalue weighted by Crippen LogP contribution is 2.28. The fourth-order valence-corrected chi connectivity index (χ4v) is 2.57. The van der Waals surface area contributed by atoms with E-state index in [1.54, 1.807) is 0 Å². The van der Waals surface area contributed by atoms with Crippen molar-refractivity contribution in [1.82, 2.24) is 0 Å². The smallest absolute Gasteiger partial charge is 0.330 e. The van der Waals surface area contributed by atoms with Gasteiger partial charge in [-0.15, -0.1) is 0 Å². The van der Waals surface area contributed by atoms with E-state index in [2.05, 4.69) is 13.2 Å². The number of aliphatic carboxylic acids is 2. The number of ether oxygens (including phenoxy) is 3. The first-order chi connectivity index (χ1) is 16.1. The van der Waals surface area contributed by atoms with Gasteiger partial charge in [0.2, 0.25) is 0 Å². The van der Waals surface area contributed by atoms with Gasteiger partial charge in [0.15, 0.2) is 12.6 Å². The van der Waals surface area contributed by atoms with Gasteiger partial charge in [-0.1, -0.05) is 13.2 Å². The predicted octanol–water partition coefficient (Wildman–Crippen LogP) is -4.10. The third kappa shape index (κ3) is 9.86. The van der Waals surface area contributed by atoms with Crippen molar-refractivity contribution in [2.24, 2.45) is 0 Å². The maximum atomic E-state index is 9.94. The van der Waals surface area contributed by atoms with E-state index in [9.17, 15) is 45.3 Å². The Bertz CT molecular complexity index is 661. The number of aliphatic hydroxyl groups excluding tert-OH is 8. The summed E-state index contributed by atoms with van der Waals surface area (Å²) < 4.78 is 15.3. The molecule has 2 aliphatic heterocycles. The normalized spacial score (nSPS) is 36.5. The van der Waals surface area contributed by atoms with E-state index in [1.807, 2.05) is 0 Å². The van der Waals surface area contributed by atoms with Crippen LogP contribution in [0, 0.1) is 0 Å². The molecule has 0 aromatic heterocycles. The number of rotatable bonds is 6. The summed E-state index contributed by atoms with van der Waals surface area (Å²) >= 11 is 0. The van der Waals surface area contributed by atoms with Crippen LogP contribution in [0.1, 0.15) is 13.8 Å². The van der Waals surface area contributed by atoms with Crippen LogP contribution in [0.2, 0.25) is 0 Å². The Morgan fingerprint density at radius 1 is 0.714 bits per heavy atom. The molecule has 10 atom stereocenters. The highest BCUT2D eigenvalue weighted by atomic mass is 16.7. The molecule has 0 aromatic carbocycles. The topological polar surface area (TPSA) is 264 Å². The van der Waals surface area contributed by atoms with Crippen LogP contribution in [0.4, 0.5) is 0 Å². The third-order valence-electron chi connectivity index (χ3n) is 4.71. The van der Waals surface area contributed by atoms with Crippen LogP contribution in [-0.4, -0.2) is 138 Å². The second-order valence-corrected chi connectivity index (χ2v) is 7.70. The van der Waals surface area contributed by atoms with Crippen molar-refractivity contribution in [3.8, 4) is 0 Å². The molecular weight excluding hydrogens is 480 g/mol. The average molecular weight is 514 g/mol. The van der Waals surface area contributed by atoms with Crippen molar-refractivity contribution in [2.75, 3.05) is 13.2 Å². The summed E-state index contributed by atoms with van der Waals surface area (Å²) in [7, 11) is 0. The zero-order chi connectivity index (χ0) is 27.6. The Labute approximate surface area is 200 Å². The van der Waals surface area contributed by atoms with E-state index < -0.39 is 86.6 Å². The lowest BCUT2D eigenvalue weighted by Gasteiger charge is -2.45. The van der Waals surface area contributed by atoms with Gasteiger partial charge in [-0.25, -0.2) is 9.59 Å². The minimum Gasteiger partial charge on any atom is -0.478 e. The summed E-state index contributed by atoms with van der Waals surface area (Å²) in [6.07, 6.45) is -15.6. The quantitative estimate of drug-likeness (QED) is 0.151. The number of aliphatic hydroxyl groups is 8. The molecule has 0 radical (unpaired) electrons. The predicted molar refractivity (Wildman–Crippen MR) is 114 cm³/mol. The highest BCUT2D eigenvalue weighted by molar-refractivity contribution is 5.85. The maximum Gasteiger partial charge on any atom is 0.330 e. The van der Waals surface area contributed by atoms with Crippen molar-refractivity contribution in [3.63, 3.8) is 0 Å². The number of hydrogen-bond donors (Lipinski definition) is 10. The molecule has 2 fully saturated rings. The van der Waals surface area contributed by atoms with Crippen LogP contribution < -0.4 is 0 Å². The molecule has 15 nitrogen and oxygen atoms in total. The zero-order valence-electron chi connectivity index (χ0n) is 19.1. The zero-order valence-corrected chi connectivity index (χ0v) is 19.1. The van der Waals surface area contributed by atoms with Gasteiger partial charge in [0.1, 0.15) is 48.8 Å². The molecule has 2 rings (SSSR count). The second-order valence-electron chi connectivity index (χ2n) is 7.70. The second kappa shape index (κ2) is 15.2. The largest absolute Gasteiger partial charge is 0.478 e. The van der Waals surface area contributed by atoms with E-state index >= 15 is 0 Å².